The van der Waals surface area contributed by atoms with Crippen molar-refractivity contribution in [1.82, 2.24) is 4.90 Å². The highest BCUT2D eigenvalue weighted by atomic mass is 35.7. The lowest BCUT2D eigenvalue weighted by Gasteiger charge is -2.17. The van der Waals surface area contributed by atoms with E-state index in [1.165, 1.54) is 16.3 Å². The highest BCUT2D eigenvalue weighted by Crippen LogP contribution is 2.23. The van der Waals surface area contributed by atoms with Crippen molar-refractivity contribution in [1.29, 1.82) is 0 Å². The lowest BCUT2D eigenvalue weighted by atomic mass is 10.0. The Labute approximate surface area is 140 Å². The maximum Gasteiger partial charge on any atom is 0.232 e. The van der Waals surface area contributed by atoms with Crippen LogP contribution in [0.5, 0.6) is 0 Å². The van der Waals surface area contributed by atoms with E-state index in [4.69, 9.17) is 10.7 Å². The third-order valence-electron chi connectivity index (χ3n) is 4.26. The van der Waals surface area contributed by atoms with Gasteiger partial charge in [-0.3, -0.25) is 4.79 Å². The molecule has 0 N–H and O–H groups in total. The third-order valence-corrected chi connectivity index (χ3v) is 5.51. The molecule has 1 fully saturated rings. The smallest absolute Gasteiger partial charge is 0.232 e. The van der Waals surface area contributed by atoms with Crippen molar-refractivity contribution in [2.24, 2.45) is 5.92 Å². The number of halogens is 1. The van der Waals surface area contributed by atoms with Crippen LogP contribution in [0.1, 0.15) is 12.0 Å². The summed E-state index contributed by atoms with van der Waals surface area (Å²) in [6, 6.07) is 14.3. The quantitative estimate of drug-likeness (QED) is 0.778. The zero-order chi connectivity index (χ0) is 16.4. The minimum atomic E-state index is -3.56. The molecule has 2 aromatic carbocycles. The Morgan fingerprint density at radius 1 is 1.13 bits per heavy atom. The first-order chi connectivity index (χ1) is 10.9. The molecule has 0 spiro atoms. The monoisotopic (exact) mass is 351 g/mol. The summed E-state index contributed by atoms with van der Waals surface area (Å²) >= 11 is 0. The number of carbonyl (C=O) groups is 1. The number of nitrogens with zero attached hydrogens (tertiary/aromatic N) is 1. The molecule has 6 heteroatoms. The fourth-order valence-electron chi connectivity index (χ4n) is 3.23. The zero-order valence-corrected chi connectivity index (χ0v) is 14.2. The van der Waals surface area contributed by atoms with Crippen LogP contribution < -0.4 is 0 Å². The molecule has 2 aromatic rings. The van der Waals surface area contributed by atoms with E-state index < -0.39 is 9.05 Å². The molecule has 0 aromatic heterocycles. The molecule has 1 atom stereocenters. The number of amides is 1. The summed E-state index contributed by atoms with van der Waals surface area (Å²) in [6.45, 7) is 1.07. The Bertz CT molecular complexity index is 829. The predicted octanol–water partition coefficient (Wildman–Crippen LogP) is 2.80. The van der Waals surface area contributed by atoms with E-state index in [1.54, 1.807) is 4.90 Å². The first kappa shape index (κ1) is 16.3. The molecule has 1 unspecified atom stereocenters. The van der Waals surface area contributed by atoms with Gasteiger partial charge in [0.1, 0.15) is 0 Å². The van der Waals surface area contributed by atoms with Crippen LogP contribution in [0.25, 0.3) is 10.8 Å². The number of fused-ring (bicyclic) bond motifs is 1. The number of likely N-dealkylation sites (tertiary alicyclic amines) is 1. The Kier molecular flexibility index (Phi) is 4.60. The summed E-state index contributed by atoms with van der Waals surface area (Å²) < 4.78 is 22.3. The average molecular weight is 352 g/mol. The molecule has 1 heterocycles. The van der Waals surface area contributed by atoms with Gasteiger partial charge in [-0.2, -0.15) is 0 Å². The van der Waals surface area contributed by atoms with Crippen LogP contribution in [0.3, 0.4) is 0 Å². The zero-order valence-electron chi connectivity index (χ0n) is 12.6. The van der Waals surface area contributed by atoms with Crippen molar-refractivity contribution in [2.75, 3.05) is 18.8 Å². The fourth-order valence-corrected chi connectivity index (χ4v) is 4.55. The number of benzene rings is 2. The Morgan fingerprint density at radius 2 is 1.87 bits per heavy atom. The van der Waals surface area contributed by atoms with Crippen LogP contribution in [0.4, 0.5) is 0 Å². The van der Waals surface area contributed by atoms with E-state index in [-0.39, 0.29) is 24.0 Å². The summed E-state index contributed by atoms with van der Waals surface area (Å²) in [5.74, 6) is -0.321. The molecule has 122 valence electrons. The van der Waals surface area contributed by atoms with Gasteiger partial charge in [0.25, 0.3) is 0 Å². The van der Waals surface area contributed by atoms with Gasteiger partial charge in [0, 0.05) is 36.1 Å². The van der Waals surface area contributed by atoms with Crippen molar-refractivity contribution in [2.45, 2.75) is 12.8 Å². The van der Waals surface area contributed by atoms with Gasteiger partial charge in [0.15, 0.2) is 0 Å². The normalized spacial score (nSPS) is 18.7. The van der Waals surface area contributed by atoms with Crippen LogP contribution in [0.15, 0.2) is 42.5 Å². The van der Waals surface area contributed by atoms with E-state index in [0.717, 1.165) is 6.42 Å². The molecular weight excluding hydrogens is 334 g/mol. The molecule has 0 radical (unpaired) electrons. The Morgan fingerprint density at radius 3 is 2.65 bits per heavy atom. The summed E-state index contributed by atoms with van der Waals surface area (Å²) in [4.78, 5) is 13.8. The molecule has 3 rings (SSSR count). The summed E-state index contributed by atoms with van der Waals surface area (Å²) in [5.41, 5.74) is 1.20. The molecule has 1 amide bonds. The molecule has 1 aliphatic rings. The van der Waals surface area contributed by atoms with Crippen molar-refractivity contribution in [3.05, 3.63) is 48.0 Å². The highest BCUT2D eigenvalue weighted by Gasteiger charge is 2.31. The largest absolute Gasteiger partial charge is 0.342 e. The second-order valence-corrected chi connectivity index (χ2v) is 8.83. The molecule has 4 nitrogen and oxygen atoms in total. The number of hydrogen-bond acceptors (Lipinski definition) is 3. The van der Waals surface area contributed by atoms with Crippen molar-refractivity contribution in [3.8, 4) is 0 Å². The van der Waals surface area contributed by atoms with Crippen LogP contribution in [-0.2, 0) is 20.3 Å². The van der Waals surface area contributed by atoms with Gasteiger partial charge >= 0.3 is 0 Å². The lowest BCUT2D eigenvalue weighted by molar-refractivity contribution is -0.127. The second-order valence-electron chi connectivity index (χ2n) is 6.00. The minimum absolute atomic E-state index is 0.00977. The fraction of sp³-hybridized carbons (Fsp3) is 0.353. The van der Waals surface area contributed by atoms with E-state index in [0.29, 0.717) is 13.1 Å². The van der Waals surface area contributed by atoms with E-state index in [9.17, 15) is 13.2 Å². The minimum Gasteiger partial charge on any atom is -0.342 e. The van der Waals surface area contributed by atoms with Gasteiger partial charge in [-0.25, -0.2) is 8.42 Å². The molecule has 0 saturated carbocycles. The van der Waals surface area contributed by atoms with Gasteiger partial charge in [-0.1, -0.05) is 42.5 Å². The maximum absolute atomic E-state index is 12.0. The average Bonchev–Trinajstić information content (AvgIpc) is 2.82. The molecule has 1 saturated heterocycles. The van der Waals surface area contributed by atoms with E-state index >= 15 is 0 Å². The molecule has 0 aliphatic carbocycles. The third kappa shape index (κ3) is 4.03. The van der Waals surface area contributed by atoms with Crippen molar-refractivity contribution in [3.63, 3.8) is 0 Å². The first-order valence-corrected chi connectivity index (χ1v) is 10.1. The van der Waals surface area contributed by atoms with Gasteiger partial charge < -0.3 is 4.90 Å². The molecule has 0 bridgehead atoms. The molecule has 23 heavy (non-hydrogen) atoms. The van der Waals surface area contributed by atoms with Crippen molar-refractivity contribution < 1.29 is 13.2 Å². The van der Waals surface area contributed by atoms with Crippen LogP contribution in [-0.4, -0.2) is 38.1 Å². The van der Waals surface area contributed by atoms with Crippen molar-refractivity contribution >= 4 is 36.4 Å². The first-order valence-electron chi connectivity index (χ1n) is 7.59. The van der Waals surface area contributed by atoms with Gasteiger partial charge in [0.2, 0.25) is 15.0 Å². The lowest BCUT2D eigenvalue weighted by Crippen LogP contribution is -2.28. The Hall–Kier alpha value is -1.59. The van der Waals surface area contributed by atoms with Crippen LogP contribution in [0.2, 0.25) is 0 Å². The number of carbonyl (C=O) groups excluding carboxylic acids is 1. The predicted molar refractivity (Wildman–Crippen MR) is 92.0 cm³/mol. The van der Waals surface area contributed by atoms with Gasteiger partial charge in [-0.05, 0) is 22.8 Å². The number of hydrogen-bond donors (Lipinski definition) is 0. The van der Waals surface area contributed by atoms with E-state index in [1.807, 2.05) is 18.2 Å². The summed E-state index contributed by atoms with van der Waals surface area (Å²) in [5, 5.41) is 2.38. The SMILES string of the molecule is O=C1CC(CS(=O)(=O)Cl)CN1CCc1cccc2ccccc12. The topological polar surface area (TPSA) is 54.5 Å². The van der Waals surface area contributed by atoms with Gasteiger partial charge in [-0.15, -0.1) is 0 Å². The maximum atomic E-state index is 12.0. The van der Waals surface area contributed by atoms with E-state index in [2.05, 4.69) is 24.3 Å². The molecule has 1 aliphatic heterocycles. The molecular formula is C17H18ClNO3S. The standard InChI is InChI=1S/C17H18ClNO3S/c18-23(21,22)12-13-10-17(20)19(11-13)9-8-15-6-3-5-14-4-1-2-7-16(14)15/h1-7,13H,8-12H2. The van der Waals surface area contributed by atoms with Gasteiger partial charge in [0.05, 0.1) is 5.75 Å². The summed E-state index contributed by atoms with van der Waals surface area (Å²) in [7, 11) is 1.73. The Balaban J connectivity index is 1.67. The number of rotatable bonds is 5. The highest BCUT2D eigenvalue weighted by molar-refractivity contribution is 8.13. The van der Waals surface area contributed by atoms with Crippen LogP contribution in [0, 0.1) is 5.92 Å². The summed E-state index contributed by atoms with van der Waals surface area (Å²) in [6.07, 6.45) is 1.02. The second kappa shape index (κ2) is 6.49. The van der Waals surface area contributed by atoms with Crippen LogP contribution >= 0.6 is 10.7 Å².